The Morgan fingerprint density at radius 1 is 1.24 bits per heavy atom. The van der Waals surface area contributed by atoms with Crippen molar-refractivity contribution in [2.24, 2.45) is 10.9 Å². The molecule has 25 heavy (non-hydrogen) atoms. The second kappa shape index (κ2) is 10.1. The fourth-order valence-corrected chi connectivity index (χ4v) is 2.93. The van der Waals surface area contributed by atoms with Crippen molar-refractivity contribution in [2.75, 3.05) is 19.6 Å². The van der Waals surface area contributed by atoms with Crippen molar-refractivity contribution in [3.8, 4) is 0 Å². The van der Waals surface area contributed by atoms with Crippen LogP contribution >= 0.6 is 0 Å². The van der Waals surface area contributed by atoms with Gasteiger partial charge in [-0.1, -0.05) is 38.1 Å². The molecule has 1 aromatic rings. The molecular formula is C20H32N4O. The zero-order chi connectivity index (χ0) is 18.1. The minimum absolute atomic E-state index is 0.266. The van der Waals surface area contributed by atoms with Gasteiger partial charge in [0.05, 0.1) is 6.54 Å². The van der Waals surface area contributed by atoms with E-state index in [1.807, 2.05) is 17.0 Å². The highest BCUT2D eigenvalue weighted by molar-refractivity contribution is 5.79. The maximum absolute atomic E-state index is 11.9. The van der Waals surface area contributed by atoms with E-state index in [0.717, 1.165) is 38.4 Å². The minimum atomic E-state index is 0.266. The third-order valence-corrected chi connectivity index (χ3v) is 4.42. The normalized spacial score (nSPS) is 15.1. The predicted octanol–water partition coefficient (Wildman–Crippen LogP) is 2.91. The van der Waals surface area contributed by atoms with E-state index in [1.54, 1.807) is 0 Å². The van der Waals surface area contributed by atoms with Crippen molar-refractivity contribution in [1.29, 1.82) is 0 Å². The molecule has 0 radical (unpaired) electrons. The number of nitrogens with zero attached hydrogens (tertiary/aromatic N) is 2. The van der Waals surface area contributed by atoms with Gasteiger partial charge in [-0.25, -0.2) is 4.99 Å². The highest BCUT2D eigenvalue weighted by Crippen LogP contribution is 2.17. The van der Waals surface area contributed by atoms with Crippen LogP contribution in [0.1, 0.15) is 51.2 Å². The molecule has 1 saturated heterocycles. The van der Waals surface area contributed by atoms with Gasteiger partial charge in [-0.15, -0.1) is 0 Å². The van der Waals surface area contributed by atoms with Gasteiger partial charge in [-0.05, 0) is 36.8 Å². The monoisotopic (exact) mass is 344 g/mol. The molecule has 1 fully saturated rings. The van der Waals surface area contributed by atoms with Crippen LogP contribution in [0.3, 0.4) is 0 Å². The van der Waals surface area contributed by atoms with Crippen molar-refractivity contribution in [2.45, 2.75) is 53.1 Å². The summed E-state index contributed by atoms with van der Waals surface area (Å²) in [5.41, 5.74) is 2.38. The van der Waals surface area contributed by atoms with E-state index in [9.17, 15) is 4.79 Å². The molecule has 1 amide bonds. The number of carbonyl (C=O) groups is 1. The van der Waals surface area contributed by atoms with E-state index in [-0.39, 0.29) is 5.91 Å². The van der Waals surface area contributed by atoms with Crippen LogP contribution in [0.4, 0.5) is 0 Å². The van der Waals surface area contributed by atoms with Crippen molar-refractivity contribution in [3.05, 3.63) is 35.4 Å². The summed E-state index contributed by atoms with van der Waals surface area (Å²) in [6.45, 7) is 10.5. The van der Waals surface area contributed by atoms with Crippen LogP contribution in [0.5, 0.6) is 0 Å². The first-order chi connectivity index (χ1) is 12.1. The summed E-state index contributed by atoms with van der Waals surface area (Å²) in [5, 5.41) is 6.70. The zero-order valence-corrected chi connectivity index (χ0v) is 15.8. The summed E-state index contributed by atoms with van der Waals surface area (Å²) < 4.78 is 0. The van der Waals surface area contributed by atoms with Gasteiger partial charge >= 0.3 is 0 Å². The van der Waals surface area contributed by atoms with Gasteiger partial charge in [0.1, 0.15) is 0 Å². The molecule has 0 aliphatic carbocycles. The van der Waals surface area contributed by atoms with Gasteiger partial charge in [0.2, 0.25) is 5.91 Å². The molecular weight excluding hydrogens is 312 g/mol. The van der Waals surface area contributed by atoms with Gasteiger partial charge in [-0.2, -0.15) is 0 Å². The number of aliphatic imine (C=N–C) groups is 1. The van der Waals surface area contributed by atoms with Crippen molar-refractivity contribution >= 4 is 11.9 Å². The van der Waals surface area contributed by atoms with Crippen LogP contribution in [-0.4, -0.2) is 36.4 Å². The second-order valence-corrected chi connectivity index (χ2v) is 6.99. The average Bonchev–Trinajstić information content (AvgIpc) is 2.98. The molecule has 2 rings (SSSR count). The number of hydrogen-bond acceptors (Lipinski definition) is 2. The summed E-state index contributed by atoms with van der Waals surface area (Å²) in [4.78, 5) is 18.6. The van der Waals surface area contributed by atoms with Gasteiger partial charge in [-0.3, -0.25) is 4.79 Å². The third kappa shape index (κ3) is 6.40. The van der Waals surface area contributed by atoms with E-state index in [0.29, 0.717) is 25.4 Å². The van der Waals surface area contributed by atoms with Crippen molar-refractivity contribution in [3.63, 3.8) is 0 Å². The molecule has 0 spiro atoms. The predicted molar refractivity (Wildman–Crippen MR) is 103 cm³/mol. The maximum Gasteiger partial charge on any atom is 0.222 e. The molecule has 1 aliphatic rings. The molecule has 0 bridgehead atoms. The lowest BCUT2D eigenvalue weighted by molar-refractivity contribution is -0.128. The zero-order valence-electron chi connectivity index (χ0n) is 15.8. The largest absolute Gasteiger partial charge is 0.357 e. The Morgan fingerprint density at radius 3 is 2.64 bits per heavy atom. The molecule has 138 valence electrons. The van der Waals surface area contributed by atoms with Crippen LogP contribution in [0.2, 0.25) is 0 Å². The van der Waals surface area contributed by atoms with E-state index in [4.69, 9.17) is 4.99 Å². The van der Waals surface area contributed by atoms with Crippen LogP contribution < -0.4 is 10.6 Å². The van der Waals surface area contributed by atoms with E-state index >= 15 is 0 Å². The Labute approximate surface area is 151 Å². The lowest BCUT2D eigenvalue weighted by Gasteiger charge is -2.18. The van der Waals surface area contributed by atoms with Crippen molar-refractivity contribution in [1.82, 2.24) is 15.5 Å². The van der Waals surface area contributed by atoms with Crippen LogP contribution in [-0.2, 0) is 17.9 Å². The molecule has 5 heteroatoms. The first-order valence-electron chi connectivity index (χ1n) is 9.47. The van der Waals surface area contributed by atoms with Crippen LogP contribution in [0, 0.1) is 5.92 Å². The quantitative estimate of drug-likeness (QED) is 0.563. The molecule has 1 aliphatic heterocycles. The topological polar surface area (TPSA) is 56.7 Å². The number of hydrogen-bond donors (Lipinski definition) is 2. The lowest BCUT2D eigenvalue weighted by atomic mass is 10.1. The second-order valence-electron chi connectivity index (χ2n) is 6.99. The average molecular weight is 345 g/mol. The number of nitrogens with one attached hydrogen (secondary N) is 2. The third-order valence-electron chi connectivity index (χ3n) is 4.42. The molecule has 0 saturated carbocycles. The number of rotatable bonds is 8. The van der Waals surface area contributed by atoms with Crippen LogP contribution in [0.15, 0.2) is 29.3 Å². The summed E-state index contributed by atoms with van der Waals surface area (Å²) >= 11 is 0. The smallest absolute Gasteiger partial charge is 0.222 e. The molecule has 1 heterocycles. The standard InChI is InChI=1S/C20H32N4O/c1-4-21-20(22-12-11-16(2)3)23-14-17-8-5-6-9-18(17)15-24-13-7-10-19(24)25/h5-6,8-9,16H,4,7,10-15H2,1-3H3,(H2,21,22,23). The Hall–Kier alpha value is -2.04. The van der Waals surface area contributed by atoms with E-state index < -0.39 is 0 Å². The molecule has 2 N–H and O–H groups in total. The summed E-state index contributed by atoms with van der Waals surface area (Å²) in [6.07, 6.45) is 2.78. The van der Waals surface area contributed by atoms with Gasteiger partial charge in [0, 0.05) is 32.6 Å². The summed E-state index contributed by atoms with van der Waals surface area (Å²) in [6, 6.07) is 8.29. The van der Waals surface area contributed by atoms with Gasteiger partial charge < -0.3 is 15.5 Å². The minimum Gasteiger partial charge on any atom is -0.357 e. The Kier molecular flexibility index (Phi) is 7.76. The highest BCUT2D eigenvalue weighted by Gasteiger charge is 2.20. The first-order valence-corrected chi connectivity index (χ1v) is 9.47. The molecule has 1 aromatic carbocycles. The lowest BCUT2D eigenvalue weighted by Crippen LogP contribution is -2.38. The van der Waals surface area contributed by atoms with E-state index in [2.05, 4.69) is 43.5 Å². The Balaban J connectivity index is 2.00. The molecule has 0 unspecified atom stereocenters. The fraction of sp³-hybridized carbons (Fsp3) is 0.600. The molecule has 0 atom stereocenters. The molecule has 0 aromatic heterocycles. The Morgan fingerprint density at radius 2 is 2.00 bits per heavy atom. The maximum atomic E-state index is 11.9. The number of likely N-dealkylation sites (tertiary alicyclic amines) is 1. The first kappa shape index (κ1) is 19.3. The summed E-state index contributed by atoms with van der Waals surface area (Å²) in [7, 11) is 0. The number of guanidine groups is 1. The van der Waals surface area contributed by atoms with Crippen molar-refractivity contribution < 1.29 is 4.79 Å². The summed E-state index contributed by atoms with van der Waals surface area (Å²) in [5.74, 6) is 1.80. The number of amides is 1. The number of carbonyl (C=O) groups excluding carboxylic acids is 1. The fourth-order valence-electron chi connectivity index (χ4n) is 2.93. The van der Waals surface area contributed by atoms with Gasteiger partial charge in [0.25, 0.3) is 0 Å². The van der Waals surface area contributed by atoms with Crippen LogP contribution in [0.25, 0.3) is 0 Å². The number of benzene rings is 1. The SMILES string of the molecule is CCNC(=NCc1ccccc1CN1CCCC1=O)NCCC(C)C. The van der Waals surface area contributed by atoms with Gasteiger partial charge in [0.15, 0.2) is 5.96 Å². The molecule has 5 nitrogen and oxygen atoms in total. The highest BCUT2D eigenvalue weighted by atomic mass is 16.2. The Bertz CT molecular complexity index is 583. The van der Waals surface area contributed by atoms with E-state index in [1.165, 1.54) is 11.1 Å².